The number of likely N-dealkylation sites (tertiary alicyclic amines) is 1. The zero-order valence-electron chi connectivity index (χ0n) is 18.7. The van der Waals surface area contributed by atoms with Gasteiger partial charge in [-0.1, -0.05) is 30.3 Å². The number of benzene rings is 1. The van der Waals surface area contributed by atoms with E-state index in [1.165, 1.54) is 6.07 Å². The first-order valence-electron chi connectivity index (χ1n) is 10.6. The second-order valence-electron chi connectivity index (χ2n) is 8.87. The molecule has 2 aromatic heterocycles. The van der Waals surface area contributed by atoms with Crippen LogP contribution < -0.4 is 5.32 Å². The van der Waals surface area contributed by atoms with Gasteiger partial charge in [0.2, 0.25) is 5.82 Å². The maximum Gasteiger partial charge on any atom is 0.410 e. The molecule has 0 spiro atoms. The first-order chi connectivity index (χ1) is 15.7. The molecule has 1 N–H and O–H groups in total. The van der Waals surface area contributed by atoms with Crippen LogP contribution in [0.25, 0.3) is 11.3 Å². The molecule has 1 aromatic carbocycles. The lowest BCUT2D eigenvalue weighted by molar-refractivity contribution is -0.384. The van der Waals surface area contributed by atoms with Crippen LogP contribution in [0.3, 0.4) is 0 Å². The van der Waals surface area contributed by atoms with Crippen LogP contribution in [0.4, 0.5) is 22.0 Å². The molecular weight excluding hydrogens is 422 g/mol. The average Bonchev–Trinajstić information content (AvgIpc) is 2.73. The summed E-state index contributed by atoms with van der Waals surface area (Å²) in [7, 11) is 0. The summed E-state index contributed by atoms with van der Waals surface area (Å²) in [6.45, 7) is 6.60. The number of anilines is 2. The van der Waals surface area contributed by atoms with Crippen LogP contribution in [0.2, 0.25) is 0 Å². The number of aromatic nitrogens is 2. The first-order valence-corrected chi connectivity index (χ1v) is 10.6. The summed E-state index contributed by atoms with van der Waals surface area (Å²) in [5.41, 5.74) is 2.28. The summed E-state index contributed by atoms with van der Waals surface area (Å²) in [4.78, 5) is 33.7. The van der Waals surface area contributed by atoms with Crippen molar-refractivity contribution in [3.8, 4) is 11.3 Å². The number of hydrogen-bond acceptors (Lipinski definition) is 7. The molecule has 33 heavy (non-hydrogen) atoms. The molecule has 9 nitrogen and oxygen atoms in total. The van der Waals surface area contributed by atoms with Gasteiger partial charge in [-0.15, -0.1) is 0 Å². The van der Waals surface area contributed by atoms with E-state index >= 15 is 0 Å². The normalized spacial score (nSPS) is 13.8. The summed E-state index contributed by atoms with van der Waals surface area (Å²) in [6.07, 6.45) is 1.29. The summed E-state index contributed by atoms with van der Waals surface area (Å²) in [6, 6.07) is 16.2. The molecule has 0 aliphatic carbocycles. The van der Waals surface area contributed by atoms with Crippen molar-refractivity contribution in [2.24, 2.45) is 0 Å². The second kappa shape index (κ2) is 8.85. The quantitative estimate of drug-likeness (QED) is 0.426. The van der Waals surface area contributed by atoms with Gasteiger partial charge in [-0.3, -0.25) is 15.1 Å². The number of nitro groups is 1. The predicted molar refractivity (Wildman–Crippen MR) is 124 cm³/mol. The van der Waals surface area contributed by atoms with E-state index in [-0.39, 0.29) is 23.5 Å². The van der Waals surface area contributed by atoms with E-state index < -0.39 is 10.5 Å². The van der Waals surface area contributed by atoms with E-state index in [1.807, 2.05) is 57.2 Å². The van der Waals surface area contributed by atoms with Crippen molar-refractivity contribution in [2.45, 2.75) is 32.3 Å². The third-order valence-corrected chi connectivity index (χ3v) is 5.14. The molecule has 1 fully saturated rings. The van der Waals surface area contributed by atoms with Crippen molar-refractivity contribution < 1.29 is 14.5 Å². The molecule has 9 heteroatoms. The number of hydrogen-bond donors (Lipinski definition) is 1. The van der Waals surface area contributed by atoms with Crippen LogP contribution in [-0.4, -0.2) is 44.6 Å². The van der Waals surface area contributed by atoms with Crippen molar-refractivity contribution in [3.63, 3.8) is 0 Å². The Hall–Kier alpha value is -4.01. The fourth-order valence-electron chi connectivity index (χ4n) is 3.46. The molecule has 0 bridgehead atoms. The highest BCUT2D eigenvalue weighted by atomic mass is 16.6. The summed E-state index contributed by atoms with van der Waals surface area (Å²) >= 11 is 0. The van der Waals surface area contributed by atoms with Gasteiger partial charge in [0.25, 0.3) is 0 Å². The summed E-state index contributed by atoms with van der Waals surface area (Å²) in [5.74, 6) is 0.274. The van der Waals surface area contributed by atoms with E-state index in [9.17, 15) is 14.9 Å². The minimum atomic E-state index is -0.526. The minimum absolute atomic E-state index is 0.120. The number of pyridine rings is 2. The fourth-order valence-corrected chi connectivity index (χ4v) is 3.46. The lowest BCUT2D eigenvalue weighted by Crippen LogP contribution is -2.50. The molecule has 1 amide bonds. The average molecular weight is 447 g/mol. The third kappa shape index (κ3) is 5.25. The standard InChI is InChI=1S/C24H25N5O4/c1-24(2,3)33-23(30)28-14-17(15-28)19-10-9-18(13-25-19)26-22-21(29(31)32)12-11-20(27-22)16-7-5-4-6-8-16/h4-13,17H,14-15H2,1-3H3,(H,26,27). The van der Waals surface area contributed by atoms with Gasteiger partial charge in [-0.25, -0.2) is 9.78 Å². The highest BCUT2D eigenvalue weighted by Gasteiger charge is 2.35. The molecule has 3 aromatic rings. The van der Waals surface area contributed by atoms with Crippen molar-refractivity contribution in [1.29, 1.82) is 0 Å². The molecule has 1 aliphatic heterocycles. The Kier molecular flexibility index (Phi) is 5.95. The van der Waals surface area contributed by atoms with Crippen molar-refractivity contribution in [3.05, 3.63) is 76.6 Å². The summed E-state index contributed by atoms with van der Waals surface area (Å²) < 4.78 is 5.38. The van der Waals surface area contributed by atoms with Gasteiger partial charge in [0.15, 0.2) is 0 Å². The smallest absolute Gasteiger partial charge is 0.410 e. The van der Waals surface area contributed by atoms with E-state index in [2.05, 4.69) is 15.3 Å². The largest absolute Gasteiger partial charge is 0.444 e. The highest BCUT2D eigenvalue weighted by Crippen LogP contribution is 2.31. The van der Waals surface area contributed by atoms with E-state index in [0.29, 0.717) is 24.5 Å². The fraction of sp³-hybridized carbons (Fsp3) is 0.292. The summed E-state index contributed by atoms with van der Waals surface area (Å²) in [5, 5.41) is 14.5. The van der Waals surface area contributed by atoms with Gasteiger partial charge in [0.1, 0.15) is 5.60 Å². The monoisotopic (exact) mass is 447 g/mol. The number of ether oxygens (including phenoxy) is 1. The Labute approximate surface area is 191 Å². The van der Waals surface area contributed by atoms with Crippen LogP contribution in [0.1, 0.15) is 32.4 Å². The van der Waals surface area contributed by atoms with E-state index in [0.717, 1.165) is 11.3 Å². The Morgan fingerprint density at radius 3 is 2.45 bits per heavy atom. The van der Waals surface area contributed by atoms with Crippen molar-refractivity contribution >= 4 is 23.3 Å². The Balaban J connectivity index is 1.45. The lowest BCUT2D eigenvalue weighted by Gasteiger charge is -2.39. The van der Waals surface area contributed by atoms with E-state index in [1.54, 1.807) is 23.2 Å². The molecule has 1 aliphatic rings. The second-order valence-corrected chi connectivity index (χ2v) is 8.87. The van der Waals surface area contributed by atoms with Gasteiger partial charge < -0.3 is 15.0 Å². The zero-order valence-corrected chi connectivity index (χ0v) is 18.7. The van der Waals surface area contributed by atoms with Crippen LogP contribution in [0, 0.1) is 10.1 Å². The highest BCUT2D eigenvalue weighted by molar-refractivity contribution is 5.71. The maximum atomic E-state index is 12.1. The number of nitrogens with zero attached hydrogens (tertiary/aromatic N) is 4. The van der Waals surface area contributed by atoms with E-state index in [4.69, 9.17) is 4.74 Å². The van der Waals surface area contributed by atoms with Crippen LogP contribution in [0.15, 0.2) is 60.8 Å². The molecule has 170 valence electrons. The molecular formula is C24H25N5O4. The molecule has 0 atom stereocenters. The molecule has 0 unspecified atom stereocenters. The van der Waals surface area contributed by atoms with Crippen LogP contribution >= 0.6 is 0 Å². The van der Waals surface area contributed by atoms with Crippen LogP contribution in [0.5, 0.6) is 0 Å². The minimum Gasteiger partial charge on any atom is -0.444 e. The molecule has 4 rings (SSSR count). The first kappa shape index (κ1) is 22.2. The predicted octanol–water partition coefficient (Wildman–Crippen LogP) is 5.13. The number of amides is 1. The number of nitrogens with one attached hydrogen (secondary N) is 1. The molecule has 1 saturated heterocycles. The molecule has 0 radical (unpaired) electrons. The van der Waals surface area contributed by atoms with Gasteiger partial charge in [-0.05, 0) is 39.0 Å². The van der Waals surface area contributed by atoms with Gasteiger partial charge in [0, 0.05) is 36.3 Å². The topological polar surface area (TPSA) is 110 Å². The van der Waals surface area contributed by atoms with Crippen LogP contribution in [-0.2, 0) is 4.74 Å². The van der Waals surface area contributed by atoms with Gasteiger partial charge in [-0.2, -0.15) is 0 Å². The van der Waals surface area contributed by atoms with Gasteiger partial charge in [0.05, 0.1) is 22.5 Å². The lowest BCUT2D eigenvalue weighted by atomic mass is 9.96. The SMILES string of the molecule is CC(C)(C)OC(=O)N1CC(c2ccc(Nc3nc(-c4ccccc4)ccc3[N+](=O)[O-])cn2)C1. The van der Waals surface area contributed by atoms with Gasteiger partial charge >= 0.3 is 11.8 Å². The van der Waals surface area contributed by atoms with Crippen molar-refractivity contribution in [1.82, 2.24) is 14.9 Å². The number of carbonyl (C=O) groups is 1. The van der Waals surface area contributed by atoms with Crippen molar-refractivity contribution in [2.75, 3.05) is 18.4 Å². The Bertz CT molecular complexity index is 1150. The Morgan fingerprint density at radius 1 is 1.12 bits per heavy atom. The molecule has 3 heterocycles. The third-order valence-electron chi connectivity index (χ3n) is 5.14. The Morgan fingerprint density at radius 2 is 1.85 bits per heavy atom. The number of rotatable bonds is 5. The zero-order chi connectivity index (χ0) is 23.6. The number of carbonyl (C=O) groups excluding carboxylic acids is 1. The molecule has 0 saturated carbocycles. The maximum absolute atomic E-state index is 12.1.